The van der Waals surface area contributed by atoms with E-state index in [1.165, 1.54) is 6.92 Å². The van der Waals surface area contributed by atoms with Crippen molar-refractivity contribution in [2.24, 2.45) is 0 Å². The molecule has 2 unspecified atom stereocenters. The molecule has 0 saturated heterocycles. The van der Waals surface area contributed by atoms with Crippen molar-refractivity contribution in [1.29, 1.82) is 0 Å². The van der Waals surface area contributed by atoms with E-state index in [-0.39, 0.29) is 0 Å². The second-order valence-electron chi connectivity index (χ2n) is 3.70. The SMILES string of the molecule is CCC(C(=O)O)c1ccc(C(C)F)c(Br)c1. The summed E-state index contributed by atoms with van der Waals surface area (Å²) in [5, 5.41) is 9.01. The predicted octanol–water partition coefficient (Wildman–Crippen LogP) is 4.06. The summed E-state index contributed by atoms with van der Waals surface area (Å²) >= 11 is 3.26. The Kier molecular flexibility index (Phi) is 4.47. The molecule has 0 aromatic heterocycles. The zero-order chi connectivity index (χ0) is 12.3. The van der Waals surface area contributed by atoms with Gasteiger partial charge in [0.25, 0.3) is 0 Å². The van der Waals surface area contributed by atoms with Crippen molar-refractivity contribution >= 4 is 21.9 Å². The Morgan fingerprint density at radius 3 is 2.56 bits per heavy atom. The van der Waals surface area contributed by atoms with Crippen LogP contribution in [0.5, 0.6) is 0 Å². The van der Waals surface area contributed by atoms with Gasteiger partial charge in [0.15, 0.2) is 0 Å². The van der Waals surface area contributed by atoms with Crippen molar-refractivity contribution in [3.05, 3.63) is 33.8 Å². The highest BCUT2D eigenvalue weighted by atomic mass is 79.9. The van der Waals surface area contributed by atoms with Crippen LogP contribution in [0.2, 0.25) is 0 Å². The Hall–Kier alpha value is -0.900. The summed E-state index contributed by atoms with van der Waals surface area (Å²) in [6.45, 7) is 3.27. The summed E-state index contributed by atoms with van der Waals surface area (Å²) in [5.41, 5.74) is 1.25. The van der Waals surface area contributed by atoms with E-state index in [0.717, 1.165) is 0 Å². The summed E-state index contributed by atoms with van der Waals surface area (Å²) < 4.78 is 13.7. The van der Waals surface area contributed by atoms with E-state index in [0.29, 0.717) is 22.0 Å². The van der Waals surface area contributed by atoms with Gasteiger partial charge in [-0.1, -0.05) is 35.0 Å². The number of carboxylic acids is 1. The Morgan fingerprint density at radius 1 is 1.56 bits per heavy atom. The van der Waals surface area contributed by atoms with Gasteiger partial charge in [0, 0.05) is 4.47 Å². The summed E-state index contributed by atoms with van der Waals surface area (Å²) in [6.07, 6.45) is -0.542. The lowest BCUT2D eigenvalue weighted by atomic mass is 9.95. The van der Waals surface area contributed by atoms with E-state index in [2.05, 4.69) is 15.9 Å². The van der Waals surface area contributed by atoms with Gasteiger partial charge in [-0.3, -0.25) is 4.79 Å². The van der Waals surface area contributed by atoms with Gasteiger partial charge in [-0.25, -0.2) is 4.39 Å². The molecule has 2 atom stereocenters. The standard InChI is InChI=1S/C12H14BrFO2/c1-3-9(12(15)16)8-4-5-10(7(2)14)11(13)6-8/h4-7,9H,3H2,1-2H3,(H,15,16). The first-order valence-corrected chi connectivity index (χ1v) is 5.92. The van der Waals surface area contributed by atoms with Gasteiger partial charge in [-0.15, -0.1) is 0 Å². The lowest BCUT2D eigenvalue weighted by Gasteiger charge is -2.13. The monoisotopic (exact) mass is 288 g/mol. The fraction of sp³-hybridized carbons (Fsp3) is 0.417. The third-order valence-corrected chi connectivity index (χ3v) is 3.25. The average Bonchev–Trinajstić information content (AvgIpc) is 2.17. The number of hydrogen-bond acceptors (Lipinski definition) is 1. The number of aliphatic carboxylic acids is 1. The van der Waals surface area contributed by atoms with E-state index in [1.54, 1.807) is 18.2 Å². The smallest absolute Gasteiger partial charge is 0.310 e. The van der Waals surface area contributed by atoms with Crippen LogP contribution in [-0.2, 0) is 4.79 Å². The van der Waals surface area contributed by atoms with Gasteiger partial charge in [0.05, 0.1) is 5.92 Å². The van der Waals surface area contributed by atoms with Crippen LogP contribution in [0.3, 0.4) is 0 Å². The summed E-state index contributed by atoms with van der Waals surface area (Å²) in [7, 11) is 0. The van der Waals surface area contributed by atoms with Crippen molar-refractivity contribution in [3.8, 4) is 0 Å². The van der Waals surface area contributed by atoms with Gasteiger partial charge in [-0.05, 0) is 30.5 Å². The maximum absolute atomic E-state index is 13.1. The number of carbonyl (C=O) groups is 1. The molecule has 1 aromatic rings. The number of carboxylic acid groups (broad SMARTS) is 1. The molecule has 0 spiro atoms. The van der Waals surface area contributed by atoms with Gasteiger partial charge in [0.1, 0.15) is 6.17 Å². The Balaban J connectivity index is 3.09. The lowest BCUT2D eigenvalue weighted by molar-refractivity contribution is -0.138. The molecule has 4 heteroatoms. The summed E-state index contributed by atoms with van der Waals surface area (Å²) in [5.74, 6) is -1.38. The zero-order valence-corrected chi connectivity index (χ0v) is 10.8. The molecule has 0 aliphatic rings. The van der Waals surface area contributed by atoms with Crippen molar-refractivity contribution in [2.45, 2.75) is 32.4 Å². The van der Waals surface area contributed by atoms with Crippen molar-refractivity contribution in [2.75, 3.05) is 0 Å². The molecule has 1 rings (SSSR count). The molecule has 0 bridgehead atoms. The largest absolute Gasteiger partial charge is 0.481 e. The second-order valence-corrected chi connectivity index (χ2v) is 4.55. The number of rotatable bonds is 4. The van der Waals surface area contributed by atoms with Crippen LogP contribution < -0.4 is 0 Å². The lowest BCUT2D eigenvalue weighted by Crippen LogP contribution is -2.10. The summed E-state index contributed by atoms with van der Waals surface area (Å²) in [4.78, 5) is 11.0. The molecule has 1 N–H and O–H groups in total. The van der Waals surface area contributed by atoms with Crippen LogP contribution in [0.1, 0.15) is 43.5 Å². The minimum atomic E-state index is -1.06. The number of benzene rings is 1. The minimum Gasteiger partial charge on any atom is -0.481 e. The van der Waals surface area contributed by atoms with Crippen molar-refractivity contribution < 1.29 is 14.3 Å². The molecule has 0 radical (unpaired) electrons. The first-order valence-electron chi connectivity index (χ1n) is 5.13. The van der Waals surface area contributed by atoms with Gasteiger partial charge >= 0.3 is 5.97 Å². The second kappa shape index (κ2) is 5.43. The Morgan fingerprint density at radius 2 is 2.19 bits per heavy atom. The molecule has 0 saturated carbocycles. The van der Waals surface area contributed by atoms with Gasteiger partial charge in [0.2, 0.25) is 0 Å². The first kappa shape index (κ1) is 13.2. The number of alkyl halides is 1. The molecule has 0 fully saturated rings. The van der Waals surface area contributed by atoms with Crippen molar-refractivity contribution in [1.82, 2.24) is 0 Å². The summed E-state index contributed by atoms with van der Waals surface area (Å²) in [6, 6.07) is 5.00. The predicted molar refractivity (Wildman–Crippen MR) is 64.3 cm³/mol. The molecular weight excluding hydrogens is 275 g/mol. The average molecular weight is 289 g/mol. The topological polar surface area (TPSA) is 37.3 Å². The van der Waals surface area contributed by atoms with Crippen LogP contribution >= 0.6 is 15.9 Å². The zero-order valence-electron chi connectivity index (χ0n) is 9.21. The normalized spacial score (nSPS) is 14.5. The molecule has 0 aliphatic heterocycles. The molecule has 16 heavy (non-hydrogen) atoms. The third-order valence-electron chi connectivity index (χ3n) is 2.56. The molecule has 1 aromatic carbocycles. The van der Waals surface area contributed by atoms with E-state index in [9.17, 15) is 9.18 Å². The Bertz CT molecular complexity index is 391. The fourth-order valence-corrected chi connectivity index (χ4v) is 2.35. The maximum Gasteiger partial charge on any atom is 0.310 e. The molecule has 0 amide bonds. The quantitative estimate of drug-likeness (QED) is 0.907. The fourth-order valence-electron chi connectivity index (χ4n) is 1.64. The van der Waals surface area contributed by atoms with Crippen LogP contribution in [0, 0.1) is 0 Å². The van der Waals surface area contributed by atoms with Crippen LogP contribution in [0.15, 0.2) is 22.7 Å². The van der Waals surface area contributed by atoms with Crippen LogP contribution in [0.25, 0.3) is 0 Å². The Labute approximate surface area is 103 Å². The molecule has 2 nitrogen and oxygen atoms in total. The number of halogens is 2. The highest BCUT2D eigenvalue weighted by molar-refractivity contribution is 9.10. The highest BCUT2D eigenvalue weighted by Gasteiger charge is 2.19. The highest BCUT2D eigenvalue weighted by Crippen LogP contribution is 2.30. The van der Waals surface area contributed by atoms with E-state index < -0.39 is 18.1 Å². The van der Waals surface area contributed by atoms with Gasteiger partial charge < -0.3 is 5.11 Å². The van der Waals surface area contributed by atoms with Crippen LogP contribution in [-0.4, -0.2) is 11.1 Å². The molecule has 0 heterocycles. The van der Waals surface area contributed by atoms with E-state index >= 15 is 0 Å². The van der Waals surface area contributed by atoms with Crippen LogP contribution in [0.4, 0.5) is 4.39 Å². The van der Waals surface area contributed by atoms with E-state index in [4.69, 9.17) is 5.11 Å². The molecule has 0 aliphatic carbocycles. The number of hydrogen-bond donors (Lipinski definition) is 1. The maximum atomic E-state index is 13.1. The first-order chi connectivity index (χ1) is 7.47. The molecule has 88 valence electrons. The minimum absolute atomic E-state index is 0.520. The third kappa shape index (κ3) is 2.82. The van der Waals surface area contributed by atoms with Crippen molar-refractivity contribution in [3.63, 3.8) is 0 Å². The van der Waals surface area contributed by atoms with Gasteiger partial charge in [-0.2, -0.15) is 0 Å². The van der Waals surface area contributed by atoms with E-state index in [1.807, 2.05) is 6.92 Å². The molecular formula is C12H14BrFO2.